The van der Waals surface area contributed by atoms with E-state index in [9.17, 15) is 4.79 Å². The summed E-state index contributed by atoms with van der Waals surface area (Å²) in [5.74, 6) is 5.22. The van der Waals surface area contributed by atoms with Crippen molar-refractivity contribution in [2.45, 2.75) is 10.9 Å². The van der Waals surface area contributed by atoms with Crippen molar-refractivity contribution < 1.29 is 9.90 Å². The lowest BCUT2D eigenvalue weighted by molar-refractivity contribution is 0.0697. The highest BCUT2D eigenvalue weighted by molar-refractivity contribution is 7.98. The highest BCUT2D eigenvalue weighted by Gasteiger charge is 2.06. The van der Waals surface area contributed by atoms with Gasteiger partial charge in [-0.1, -0.05) is 23.9 Å². The van der Waals surface area contributed by atoms with Crippen LogP contribution >= 0.6 is 11.8 Å². The van der Waals surface area contributed by atoms with E-state index in [1.54, 1.807) is 18.2 Å². The Labute approximate surface area is 101 Å². The fraction of sp³-hybridized carbons (Fsp3) is 0.100. The molecule has 0 bridgehead atoms. The van der Waals surface area contributed by atoms with Crippen LogP contribution < -0.4 is 5.84 Å². The number of benzene rings is 1. The first-order chi connectivity index (χ1) is 8.16. The van der Waals surface area contributed by atoms with Crippen molar-refractivity contribution >= 4 is 17.7 Å². The van der Waals surface area contributed by atoms with Crippen molar-refractivity contribution in [2.24, 2.45) is 0 Å². The fourth-order valence-electron chi connectivity index (χ4n) is 1.28. The third-order valence-corrected chi connectivity index (χ3v) is 3.11. The highest BCUT2D eigenvalue weighted by atomic mass is 32.2. The minimum absolute atomic E-state index is 0.275. The van der Waals surface area contributed by atoms with E-state index in [1.807, 2.05) is 6.07 Å². The number of rotatable bonds is 4. The topological polar surface area (TPSA) is 94.0 Å². The molecule has 6 nitrogen and oxygen atoms in total. The van der Waals surface area contributed by atoms with Gasteiger partial charge in [0.2, 0.25) is 5.16 Å². The SMILES string of the molecule is Nn1cnnc1SCc1cccc(C(=O)O)c1. The monoisotopic (exact) mass is 250 g/mol. The average molecular weight is 250 g/mol. The molecule has 0 radical (unpaired) electrons. The second kappa shape index (κ2) is 4.88. The summed E-state index contributed by atoms with van der Waals surface area (Å²) in [6.07, 6.45) is 1.41. The zero-order valence-electron chi connectivity index (χ0n) is 8.78. The molecule has 7 heteroatoms. The van der Waals surface area contributed by atoms with Crippen LogP contribution in [0, 0.1) is 0 Å². The van der Waals surface area contributed by atoms with Crippen molar-refractivity contribution in [3.05, 3.63) is 41.7 Å². The Balaban J connectivity index is 2.07. The third kappa shape index (κ3) is 2.76. The Morgan fingerprint density at radius 1 is 1.53 bits per heavy atom. The lowest BCUT2D eigenvalue weighted by Gasteiger charge is -2.02. The van der Waals surface area contributed by atoms with E-state index in [4.69, 9.17) is 10.9 Å². The normalized spacial score (nSPS) is 10.4. The van der Waals surface area contributed by atoms with Gasteiger partial charge in [0.1, 0.15) is 6.33 Å². The van der Waals surface area contributed by atoms with E-state index in [2.05, 4.69) is 10.2 Å². The van der Waals surface area contributed by atoms with Crippen molar-refractivity contribution in [3.63, 3.8) is 0 Å². The number of hydrogen-bond donors (Lipinski definition) is 2. The Hall–Kier alpha value is -2.02. The van der Waals surface area contributed by atoms with Gasteiger partial charge in [-0.25, -0.2) is 9.47 Å². The largest absolute Gasteiger partial charge is 0.478 e. The van der Waals surface area contributed by atoms with Gasteiger partial charge in [-0.2, -0.15) is 0 Å². The van der Waals surface area contributed by atoms with E-state index in [-0.39, 0.29) is 5.56 Å². The summed E-state index contributed by atoms with van der Waals surface area (Å²) < 4.78 is 1.33. The van der Waals surface area contributed by atoms with Crippen molar-refractivity contribution in [1.82, 2.24) is 14.9 Å². The van der Waals surface area contributed by atoms with Crippen LogP contribution in [0.1, 0.15) is 15.9 Å². The number of carboxylic acids is 1. The number of nitrogens with zero attached hydrogens (tertiary/aromatic N) is 3. The molecule has 2 rings (SSSR count). The molecule has 2 aromatic rings. The Morgan fingerprint density at radius 3 is 3.00 bits per heavy atom. The van der Waals surface area contributed by atoms with Gasteiger partial charge in [0, 0.05) is 5.75 Å². The maximum absolute atomic E-state index is 10.8. The van der Waals surface area contributed by atoms with Crippen LogP contribution in [0.15, 0.2) is 35.7 Å². The first-order valence-corrected chi connectivity index (χ1v) is 5.75. The van der Waals surface area contributed by atoms with E-state index >= 15 is 0 Å². The molecule has 1 aromatic carbocycles. The zero-order chi connectivity index (χ0) is 12.3. The number of aromatic nitrogens is 3. The molecule has 88 valence electrons. The number of carboxylic acid groups (broad SMARTS) is 1. The zero-order valence-corrected chi connectivity index (χ0v) is 9.59. The molecule has 17 heavy (non-hydrogen) atoms. The second-order valence-corrected chi connectivity index (χ2v) is 4.26. The van der Waals surface area contributed by atoms with E-state index < -0.39 is 5.97 Å². The van der Waals surface area contributed by atoms with Gasteiger partial charge in [0.25, 0.3) is 0 Å². The predicted octanol–water partition coefficient (Wildman–Crippen LogP) is 0.982. The molecule has 0 amide bonds. The van der Waals surface area contributed by atoms with Gasteiger partial charge < -0.3 is 10.9 Å². The first-order valence-electron chi connectivity index (χ1n) is 4.77. The van der Waals surface area contributed by atoms with Gasteiger partial charge in [-0.05, 0) is 17.7 Å². The summed E-state index contributed by atoms with van der Waals surface area (Å²) in [6, 6.07) is 6.76. The number of nitrogens with two attached hydrogens (primary N) is 1. The first kappa shape index (κ1) is 11.5. The molecule has 3 N–H and O–H groups in total. The smallest absolute Gasteiger partial charge is 0.335 e. The van der Waals surface area contributed by atoms with Gasteiger partial charge in [0.15, 0.2) is 0 Å². The van der Waals surface area contributed by atoms with Crippen LogP contribution in [-0.4, -0.2) is 25.9 Å². The van der Waals surface area contributed by atoms with Crippen LogP contribution in [-0.2, 0) is 5.75 Å². The molecule has 0 unspecified atom stereocenters. The van der Waals surface area contributed by atoms with Crippen LogP contribution in [0.5, 0.6) is 0 Å². The van der Waals surface area contributed by atoms with Crippen LogP contribution in [0.3, 0.4) is 0 Å². The molecule has 0 atom stereocenters. The fourth-order valence-corrected chi connectivity index (χ4v) is 2.05. The molecule has 0 aliphatic rings. The lowest BCUT2D eigenvalue weighted by Crippen LogP contribution is -2.07. The number of carbonyl (C=O) groups is 1. The lowest BCUT2D eigenvalue weighted by atomic mass is 10.1. The molecule has 1 aromatic heterocycles. The second-order valence-electron chi connectivity index (χ2n) is 3.31. The molecule has 0 aliphatic carbocycles. The number of aromatic carboxylic acids is 1. The van der Waals surface area contributed by atoms with E-state index in [0.717, 1.165) is 5.56 Å². The average Bonchev–Trinajstić information content (AvgIpc) is 2.72. The summed E-state index contributed by atoms with van der Waals surface area (Å²) in [4.78, 5) is 10.8. The van der Waals surface area contributed by atoms with Crippen molar-refractivity contribution in [1.29, 1.82) is 0 Å². The van der Waals surface area contributed by atoms with Crippen LogP contribution in [0.25, 0.3) is 0 Å². The van der Waals surface area contributed by atoms with Gasteiger partial charge >= 0.3 is 5.97 Å². The number of thioether (sulfide) groups is 1. The van der Waals surface area contributed by atoms with Gasteiger partial charge in [0.05, 0.1) is 5.56 Å². The summed E-state index contributed by atoms with van der Waals surface area (Å²) in [5, 5.41) is 16.9. The minimum Gasteiger partial charge on any atom is -0.478 e. The van der Waals surface area contributed by atoms with Crippen molar-refractivity contribution in [2.75, 3.05) is 5.84 Å². The van der Waals surface area contributed by atoms with Gasteiger partial charge in [-0.15, -0.1) is 10.2 Å². The molecule has 0 spiro atoms. The molecule has 0 fully saturated rings. The predicted molar refractivity (Wildman–Crippen MR) is 63.1 cm³/mol. The maximum Gasteiger partial charge on any atom is 0.335 e. The highest BCUT2D eigenvalue weighted by Crippen LogP contribution is 2.19. The van der Waals surface area contributed by atoms with Crippen molar-refractivity contribution in [3.8, 4) is 0 Å². The molecule has 0 saturated carbocycles. The number of nitrogen functional groups attached to an aromatic ring is 1. The summed E-state index contributed by atoms with van der Waals surface area (Å²) in [7, 11) is 0. The minimum atomic E-state index is -0.932. The quantitative estimate of drug-likeness (QED) is 0.620. The van der Waals surface area contributed by atoms with Crippen LogP contribution in [0.2, 0.25) is 0 Å². The molecule has 0 saturated heterocycles. The number of hydrogen-bond acceptors (Lipinski definition) is 5. The molecular weight excluding hydrogens is 240 g/mol. The third-order valence-electron chi connectivity index (χ3n) is 2.08. The van der Waals surface area contributed by atoms with Gasteiger partial charge in [-0.3, -0.25) is 0 Å². The molecular formula is C10H10N4O2S. The standard InChI is InChI=1S/C10H10N4O2S/c11-14-6-12-13-10(14)17-5-7-2-1-3-8(4-7)9(15)16/h1-4,6H,5,11H2,(H,15,16). The Morgan fingerprint density at radius 2 is 2.35 bits per heavy atom. The summed E-state index contributed by atoms with van der Waals surface area (Å²) >= 11 is 1.40. The molecule has 0 aliphatic heterocycles. The Kier molecular flexibility index (Phi) is 3.29. The van der Waals surface area contributed by atoms with E-state index in [0.29, 0.717) is 10.9 Å². The summed E-state index contributed by atoms with van der Waals surface area (Å²) in [6.45, 7) is 0. The summed E-state index contributed by atoms with van der Waals surface area (Å²) in [5.41, 5.74) is 1.18. The molecule has 1 heterocycles. The Bertz CT molecular complexity index is 541. The van der Waals surface area contributed by atoms with E-state index in [1.165, 1.54) is 22.8 Å². The van der Waals surface area contributed by atoms with Crippen LogP contribution in [0.4, 0.5) is 0 Å². The maximum atomic E-state index is 10.8.